The summed E-state index contributed by atoms with van der Waals surface area (Å²) < 4.78 is 5.51. The lowest BCUT2D eigenvalue weighted by Gasteiger charge is -2.35. The second-order valence-electron chi connectivity index (χ2n) is 6.04. The quantitative estimate of drug-likeness (QED) is 0.804. The smallest absolute Gasteiger partial charge is 0.146 e. The van der Waals surface area contributed by atoms with E-state index >= 15 is 0 Å². The average molecular weight is 320 g/mol. The number of hydrogen-bond donors (Lipinski definition) is 1. The number of pyridine rings is 1. The van der Waals surface area contributed by atoms with E-state index in [4.69, 9.17) is 4.74 Å². The largest absolute Gasteiger partial charge is 0.505 e. The zero-order valence-corrected chi connectivity index (χ0v) is 13.4. The van der Waals surface area contributed by atoms with E-state index < -0.39 is 0 Å². The predicted octanol–water partition coefficient (Wildman–Crippen LogP) is 3.36. The minimum atomic E-state index is 0.00139. The first-order chi connectivity index (χ1) is 11.8. The fourth-order valence-corrected chi connectivity index (χ4v) is 3.42. The summed E-state index contributed by atoms with van der Waals surface area (Å²) in [5.41, 5.74) is 2.73. The zero-order chi connectivity index (χ0) is 16.4. The van der Waals surface area contributed by atoms with E-state index in [2.05, 4.69) is 22.0 Å². The van der Waals surface area contributed by atoms with Gasteiger partial charge in [-0.05, 0) is 11.6 Å². The third-order valence-electron chi connectivity index (χ3n) is 4.60. The number of benzene rings is 2. The van der Waals surface area contributed by atoms with Gasteiger partial charge in [0.25, 0.3) is 0 Å². The molecule has 1 aliphatic rings. The maximum atomic E-state index is 10.9. The number of hydrogen-bond acceptors (Lipinski definition) is 4. The Bertz CT molecular complexity index is 829. The van der Waals surface area contributed by atoms with Crippen molar-refractivity contribution in [3.8, 4) is 5.75 Å². The van der Waals surface area contributed by atoms with E-state index in [0.717, 1.165) is 37.3 Å². The molecule has 1 saturated heterocycles. The lowest BCUT2D eigenvalue weighted by atomic mass is 9.94. The SMILES string of the molecule is Oc1c([C@@H](c2ccccc2)N2CCOCC2)ccc2cccnc12. The van der Waals surface area contributed by atoms with Crippen LogP contribution in [0.15, 0.2) is 60.8 Å². The summed E-state index contributed by atoms with van der Waals surface area (Å²) in [4.78, 5) is 6.73. The van der Waals surface area contributed by atoms with Crippen LogP contribution in [0.2, 0.25) is 0 Å². The Morgan fingerprint density at radius 3 is 2.54 bits per heavy atom. The molecule has 0 spiro atoms. The van der Waals surface area contributed by atoms with Crippen molar-refractivity contribution < 1.29 is 9.84 Å². The Hall–Kier alpha value is -2.43. The molecular weight excluding hydrogens is 300 g/mol. The number of fused-ring (bicyclic) bond motifs is 1. The monoisotopic (exact) mass is 320 g/mol. The van der Waals surface area contributed by atoms with Crippen LogP contribution in [0.3, 0.4) is 0 Å². The van der Waals surface area contributed by atoms with E-state index in [1.54, 1.807) is 6.20 Å². The third kappa shape index (κ3) is 2.75. The van der Waals surface area contributed by atoms with Crippen LogP contribution < -0.4 is 0 Å². The van der Waals surface area contributed by atoms with E-state index in [9.17, 15) is 5.11 Å². The van der Waals surface area contributed by atoms with Gasteiger partial charge in [-0.15, -0.1) is 0 Å². The summed E-state index contributed by atoms with van der Waals surface area (Å²) in [7, 11) is 0. The number of nitrogens with zero attached hydrogens (tertiary/aromatic N) is 2. The first-order valence-corrected chi connectivity index (χ1v) is 8.28. The highest BCUT2D eigenvalue weighted by atomic mass is 16.5. The van der Waals surface area contributed by atoms with Crippen molar-refractivity contribution in [1.82, 2.24) is 9.88 Å². The van der Waals surface area contributed by atoms with Crippen LogP contribution in [0.5, 0.6) is 5.75 Å². The van der Waals surface area contributed by atoms with Gasteiger partial charge in [0.1, 0.15) is 11.3 Å². The molecule has 0 radical (unpaired) electrons. The normalized spacial score (nSPS) is 17.0. The molecular formula is C20H20N2O2. The average Bonchev–Trinajstić information content (AvgIpc) is 2.66. The molecule has 1 aromatic heterocycles. The number of rotatable bonds is 3. The van der Waals surface area contributed by atoms with Gasteiger partial charge in [0.2, 0.25) is 0 Å². The second-order valence-corrected chi connectivity index (χ2v) is 6.04. The Kier molecular flexibility index (Phi) is 4.15. The lowest BCUT2D eigenvalue weighted by molar-refractivity contribution is 0.0236. The van der Waals surface area contributed by atoms with Crippen molar-refractivity contribution >= 4 is 10.9 Å². The summed E-state index contributed by atoms with van der Waals surface area (Å²) in [6.45, 7) is 3.13. The van der Waals surface area contributed by atoms with Gasteiger partial charge in [-0.2, -0.15) is 0 Å². The minimum absolute atomic E-state index is 0.00139. The fourth-order valence-electron chi connectivity index (χ4n) is 3.42. The molecule has 0 amide bonds. The highest BCUT2D eigenvalue weighted by Crippen LogP contribution is 2.37. The molecule has 4 rings (SSSR count). The number of morpholine rings is 1. The number of aromatic nitrogens is 1. The second kappa shape index (κ2) is 6.59. The fraction of sp³-hybridized carbons (Fsp3) is 0.250. The van der Waals surface area contributed by atoms with Crippen molar-refractivity contribution in [2.75, 3.05) is 26.3 Å². The summed E-state index contributed by atoms with van der Waals surface area (Å²) in [6, 6.07) is 18.2. The van der Waals surface area contributed by atoms with Crippen LogP contribution in [0, 0.1) is 0 Å². The molecule has 4 heteroatoms. The molecule has 0 bridgehead atoms. The number of phenols is 1. The molecule has 0 aliphatic carbocycles. The summed E-state index contributed by atoms with van der Waals surface area (Å²) >= 11 is 0. The Morgan fingerprint density at radius 1 is 0.958 bits per heavy atom. The molecule has 24 heavy (non-hydrogen) atoms. The van der Waals surface area contributed by atoms with Crippen molar-refractivity contribution in [3.63, 3.8) is 0 Å². The Morgan fingerprint density at radius 2 is 1.75 bits per heavy atom. The molecule has 3 aromatic rings. The van der Waals surface area contributed by atoms with Gasteiger partial charge in [0, 0.05) is 30.2 Å². The molecule has 2 heterocycles. The van der Waals surface area contributed by atoms with Crippen LogP contribution in [-0.4, -0.2) is 41.3 Å². The summed E-state index contributed by atoms with van der Waals surface area (Å²) in [5.74, 6) is 0.272. The van der Waals surface area contributed by atoms with E-state index in [1.807, 2.05) is 42.5 Å². The van der Waals surface area contributed by atoms with Crippen LogP contribution in [0.4, 0.5) is 0 Å². The number of aromatic hydroxyl groups is 1. The van der Waals surface area contributed by atoms with Crippen molar-refractivity contribution in [2.24, 2.45) is 0 Å². The molecule has 0 unspecified atom stereocenters. The van der Waals surface area contributed by atoms with E-state index in [-0.39, 0.29) is 11.8 Å². The summed E-state index contributed by atoms with van der Waals surface area (Å²) in [5, 5.41) is 11.8. The minimum Gasteiger partial charge on any atom is -0.505 e. The standard InChI is InChI=1S/C20H20N2O2/c23-20-17(9-8-15-7-4-10-21-18(15)20)19(16-5-2-1-3-6-16)22-11-13-24-14-12-22/h1-10,19,23H,11-14H2/t19-/m1/s1. The van der Waals surface area contributed by atoms with Gasteiger partial charge >= 0.3 is 0 Å². The molecule has 1 atom stereocenters. The van der Waals surface area contributed by atoms with Gasteiger partial charge in [-0.25, -0.2) is 0 Å². The number of ether oxygens (including phenoxy) is 1. The molecule has 4 nitrogen and oxygen atoms in total. The van der Waals surface area contributed by atoms with Gasteiger partial charge in [0.05, 0.1) is 19.3 Å². The zero-order valence-electron chi connectivity index (χ0n) is 13.4. The third-order valence-corrected chi connectivity index (χ3v) is 4.60. The van der Waals surface area contributed by atoms with Crippen molar-refractivity contribution in [1.29, 1.82) is 0 Å². The van der Waals surface area contributed by atoms with Gasteiger partial charge in [0.15, 0.2) is 0 Å². The first kappa shape index (κ1) is 15.1. The Labute approximate surface area is 141 Å². The van der Waals surface area contributed by atoms with Crippen LogP contribution in [0.1, 0.15) is 17.2 Å². The number of phenolic OH excluding ortho intramolecular Hbond substituents is 1. The Balaban J connectivity index is 1.85. The maximum absolute atomic E-state index is 10.9. The van der Waals surface area contributed by atoms with Crippen LogP contribution >= 0.6 is 0 Å². The van der Waals surface area contributed by atoms with Gasteiger partial charge < -0.3 is 9.84 Å². The van der Waals surface area contributed by atoms with E-state index in [1.165, 1.54) is 5.56 Å². The van der Waals surface area contributed by atoms with Crippen LogP contribution in [0.25, 0.3) is 10.9 Å². The lowest BCUT2D eigenvalue weighted by Crippen LogP contribution is -2.39. The molecule has 0 saturated carbocycles. The predicted molar refractivity (Wildman–Crippen MR) is 94.1 cm³/mol. The first-order valence-electron chi connectivity index (χ1n) is 8.28. The maximum Gasteiger partial charge on any atom is 0.146 e. The topological polar surface area (TPSA) is 45.6 Å². The molecule has 122 valence electrons. The molecule has 2 aromatic carbocycles. The summed E-state index contributed by atoms with van der Waals surface area (Å²) in [6.07, 6.45) is 1.72. The van der Waals surface area contributed by atoms with E-state index in [0.29, 0.717) is 5.52 Å². The molecule has 1 fully saturated rings. The molecule has 1 aliphatic heterocycles. The van der Waals surface area contributed by atoms with Gasteiger partial charge in [-0.1, -0.05) is 48.5 Å². The van der Waals surface area contributed by atoms with Crippen molar-refractivity contribution in [3.05, 3.63) is 71.9 Å². The van der Waals surface area contributed by atoms with Gasteiger partial charge in [-0.3, -0.25) is 9.88 Å². The van der Waals surface area contributed by atoms with Crippen molar-refractivity contribution in [2.45, 2.75) is 6.04 Å². The highest BCUT2D eigenvalue weighted by Gasteiger charge is 2.27. The molecule has 1 N–H and O–H groups in total. The highest BCUT2D eigenvalue weighted by molar-refractivity contribution is 5.85. The van der Waals surface area contributed by atoms with Crippen LogP contribution in [-0.2, 0) is 4.74 Å².